The van der Waals surface area contributed by atoms with Gasteiger partial charge in [0.25, 0.3) is 5.91 Å². The van der Waals surface area contributed by atoms with Gasteiger partial charge in [-0.05, 0) is 24.6 Å². The molecule has 0 radical (unpaired) electrons. The number of carbonyl (C=O) groups excluding carboxylic acids is 1. The SMILES string of the molecule is COCCCNC(=O)c1cc(-c2cccn2C)nn1C. The largest absolute Gasteiger partial charge is 0.385 e. The number of hydrogen-bond donors (Lipinski definition) is 1. The Labute approximate surface area is 118 Å². The summed E-state index contributed by atoms with van der Waals surface area (Å²) in [5.41, 5.74) is 2.33. The first kappa shape index (κ1) is 14.3. The molecular formula is C14H20N4O2. The lowest BCUT2D eigenvalue weighted by Crippen LogP contribution is -2.27. The highest BCUT2D eigenvalue weighted by molar-refractivity contribution is 5.93. The minimum Gasteiger partial charge on any atom is -0.385 e. The summed E-state index contributed by atoms with van der Waals surface area (Å²) in [5, 5.41) is 7.25. The van der Waals surface area contributed by atoms with Crippen LogP contribution in [0.2, 0.25) is 0 Å². The van der Waals surface area contributed by atoms with Crippen molar-refractivity contribution in [2.24, 2.45) is 14.1 Å². The van der Waals surface area contributed by atoms with Crippen LogP contribution < -0.4 is 5.32 Å². The maximum atomic E-state index is 12.1. The number of carbonyl (C=O) groups is 1. The molecule has 2 aromatic heterocycles. The van der Waals surface area contributed by atoms with Crippen LogP contribution in [0.15, 0.2) is 24.4 Å². The minimum absolute atomic E-state index is 0.114. The van der Waals surface area contributed by atoms with E-state index in [0.717, 1.165) is 17.8 Å². The average molecular weight is 276 g/mol. The Kier molecular flexibility index (Phi) is 4.57. The van der Waals surface area contributed by atoms with E-state index < -0.39 is 0 Å². The third-order valence-corrected chi connectivity index (χ3v) is 3.13. The Morgan fingerprint density at radius 3 is 2.90 bits per heavy atom. The van der Waals surface area contributed by atoms with Crippen molar-refractivity contribution < 1.29 is 9.53 Å². The van der Waals surface area contributed by atoms with Crippen molar-refractivity contribution in [3.05, 3.63) is 30.1 Å². The molecule has 0 aliphatic carbocycles. The Hall–Kier alpha value is -2.08. The lowest BCUT2D eigenvalue weighted by molar-refractivity contribution is 0.0939. The van der Waals surface area contributed by atoms with Crippen molar-refractivity contribution >= 4 is 5.91 Å². The molecule has 2 heterocycles. The molecule has 0 atom stereocenters. The number of amides is 1. The first-order valence-corrected chi connectivity index (χ1v) is 6.56. The van der Waals surface area contributed by atoms with Gasteiger partial charge in [0.2, 0.25) is 0 Å². The van der Waals surface area contributed by atoms with Crippen molar-refractivity contribution in [3.63, 3.8) is 0 Å². The van der Waals surface area contributed by atoms with Crippen LogP contribution in [0.4, 0.5) is 0 Å². The van der Waals surface area contributed by atoms with Gasteiger partial charge >= 0.3 is 0 Å². The molecule has 0 saturated carbocycles. The van der Waals surface area contributed by atoms with Crippen LogP contribution in [-0.2, 0) is 18.8 Å². The standard InChI is InChI=1S/C14H20N4O2/c1-17-8-4-6-12(17)11-10-13(18(2)16-11)14(19)15-7-5-9-20-3/h4,6,8,10H,5,7,9H2,1-3H3,(H,15,19). The first-order chi connectivity index (χ1) is 9.63. The summed E-state index contributed by atoms with van der Waals surface area (Å²) in [6.07, 6.45) is 2.75. The van der Waals surface area contributed by atoms with Crippen LogP contribution >= 0.6 is 0 Å². The molecule has 0 aromatic carbocycles. The number of rotatable bonds is 6. The first-order valence-electron chi connectivity index (χ1n) is 6.56. The highest BCUT2D eigenvalue weighted by Crippen LogP contribution is 2.18. The quantitative estimate of drug-likeness (QED) is 0.806. The van der Waals surface area contributed by atoms with Crippen LogP contribution in [-0.4, -0.2) is 40.5 Å². The van der Waals surface area contributed by atoms with Gasteiger partial charge < -0.3 is 14.6 Å². The van der Waals surface area contributed by atoms with Crippen LogP contribution in [0, 0.1) is 0 Å². The molecule has 0 aliphatic heterocycles. The highest BCUT2D eigenvalue weighted by atomic mass is 16.5. The number of aryl methyl sites for hydroxylation is 2. The van der Waals surface area contributed by atoms with E-state index in [4.69, 9.17) is 4.74 Å². The lowest BCUT2D eigenvalue weighted by atomic mass is 10.2. The number of aromatic nitrogens is 3. The molecule has 1 amide bonds. The van der Waals surface area contributed by atoms with Crippen molar-refractivity contribution in [3.8, 4) is 11.4 Å². The smallest absolute Gasteiger partial charge is 0.269 e. The van der Waals surface area contributed by atoms with Crippen LogP contribution in [0.3, 0.4) is 0 Å². The molecule has 20 heavy (non-hydrogen) atoms. The van der Waals surface area contributed by atoms with Crippen molar-refractivity contribution in [2.75, 3.05) is 20.3 Å². The molecule has 0 bridgehead atoms. The van der Waals surface area contributed by atoms with E-state index >= 15 is 0 Å². The number of ether oxygens (including phenoxy) is 1. The molecule has 1 N–H and O–H groups in total. The summed E-state index contributed by atoms with van der Waals surface area (Å²) in [4.78, 5) is 12.1. The summed E-state index contributed by atoms with van der Waals surface area (Å²) >= 11 is 0. The predicted octanol–water partition coefficient (Wildman–Crippen LogP) is 1.19. The zero-order valence-electron chi connectivity index (χ0n) is 12.1. The van der Waals surface area contributed by atoms with E-state index in [2.05, 4.69) is 10.4 Å². The lowest BCUT2D eigenvalue weighted by Gasteiger charge is -2.04. The fraction of sp³-hybridized carbons (Fsp3) is 0.429. The number of nitrogens with zero attached hydrogens (tertiary/aromatic N) is 3. The Bertz CT molecular complexity index is 586. The molecule has 0 unspecified atom stereocenters. The summed E-state index contributed by atoms with van der Waals surface area (Å²) in [7, 11) is 5.38. The second-order valence-electron chi connectivity index (χ2n) is 4.65. The fourth-order valence-electron chi connectivity index (χ4n) is 2.04. The van der Waals surface area contributed by atoms with Crippen LogP contribution in [0.1, 0.15) is 16.9 Å². The molecule has 0 spiro atoms. The van der Waals surface area contributed by atoms with Crippen LogP contribution in [0.25, 0.3) is 11.4 Å². The fourth-order valence-corrected chi connectivity index (χ4v) is 2.04. The summed E-state index contributed by atoms with van der Waals surface area (Å²) in [6.45, 7) is 1.23. The summed E-state index contributed by atoms with van der Waals surface area (Å²) in [5.74, 6) is -0.114. The highest BCUT2D eigenvalue weighted by Gasteiger charge is 2.14. The van der Waals surface area contributed by atoms with E-state index in [1.165, 1.54) is 0 Å². The summed E-state index contributed by atoms with van der Waals surface area (Å²) < 4.78 is 8.53. The minimum atomic E-state index is -0.114. The van der Waals surface area contributed by atoms with Gasteiger partial charge in [-0.1, -0.05) is 0 Å². The van der Waals surface area contributed by atoms with E-state index in [-0.39, 0.29) is 5.91 Å². The molecule has 0 saturated heterocycles. The van der Waals surface area contributed by atoms with Gasteiger partial charge in [-0.2, -0.15) is 5.10 Å². The van der Waals surface area contributed by atoms with Crippen molar-refractivity contribution in [1.29, 1.82) is 0 Å². The Morgan fingerprint density at radius 2 is 2.25 bits per heavy atom. The molecular weight excluding hydrogens is 256 g/mol. The molecule has 6 nitrogen and oxygen atoms in total. The predicted molar refractivity (Wildman–Crippen MR) is 76.4 cm³/mol. The van der Waals surface area contributed by atoms with Gasteiger partial charge in [-0.25, -0.2) is 0 Å². The third kappa shape index (κ3) is 3.08. The number of nitrogens with one attached hydrogen (secondary N) is 1. The van der Waals surface area contributed by atoms with E-state index in [1.54, 1.807) is 24.9 Å². The third-order valence-electron chi connectivity index (χ3n) is 3.13. The molecule has 0 fully saturated rings. The van der Waals surface area contributed by atoms with Crippen LogP contribution in [0.5, 0.6) is 0 Å². The summed E-state index contributed by atoms with van der Waals surface area (Å²) in [6, 6.07) is 5.73. The molecule has 108 valence electrons. The van der Waals surface area contributed by atoms with Gasteiger partial charge in [0.05, 0.1) is 5.69 Å². The topological polar surface area (TPSA) is 61.1 Å². The average Bonchev–Trinajstić information content (AvgIpc) is 3.00. The zero-order valence-corrected chi connectivity index (χ0v) is 12.1. The molecule has 2 aromatic rings. The number of hydrogen-bond acceptors (Lipinski definition) is 3. The molecule has 0 aliphatic rings. The van der Waals surface area contributed by atoms with Gasteiger partial charge in [-0.15, -0.1) is 0 Å². The normalized spacial score (nSPS) is 10.8. The van der Waals surface area contributed by atoms with E-state index in [1.807, 2.05) is 29.9 Å². The van der Waals surface area contributed by atoms with Crippen molar-refractivity contribution in [1.82, 2.24) is 19.7 Å². The van der Waals surface area contributed by atoms with Gasteiger partial charge in [0.15, 0.2) is 0 Å². The van der Waals surface area contributed by atoms with Gasteiger partial charge in [0, 0.05) is 40.6 Å². The maximum Gasteiger partial charge on any atom is 0.269 e. The monoisotopic (exact) mass is 276 g/mol. The molecule has 6 heteroatoms. The Morgan fingerprint density at radius 1 is 1.45 bits per heavy atom. The second-order valence-corrected chi connectivity index (χ2v) is 4.65. The Balaban J connectivity index is 2.08. The second kappa shape index (κ2) is 6.38. The maximum absolute atomic E-state index is 12.1. The van der Waals surface area contributed by atoms with Crippen molar-refractivity contribution in [2.45, 2.75) is 6.42 Å². The van der Waals surface area contributed by atoms with E-state index in [9.17, 15) is 4.79 Å². The van der Waals surface area contributed by atoms with E-state index in [0.29, 0.717) is 18.8 Å². The van der Waals surface area contributed by atoms with Gasteiger partial charge in [-0.3, -0.25) is 9.48 Å². The number of methoxy groups -OCH3 is 1. The van der Waals surface area contributed by atoms with Gasteiger partial charge in [0.1, 0.15) is 11.4 Å². The molecule has 2 rings (SSSR count). The zero-order chi connectivity index (χ0) is 14.5.